The Bertz CT molecular complexity index is 1400. The zero-order chi connectivity index (χ0) is 44.6. The summed E-state index contributed by atoms with van der Waals surface area (Å²) in [7, 11) is 3.96. The summed E-state index contributed by atoms with van der Waals surface area (Å²) in [5, 5.41) is 20.2. The Morgan fingerprint density at radius 2 is 1.05 bits per heavy atom. The molecule has 0 radical (unpaired) electrons. The molecule has 1 saturated carbocycles. The van der Waals surface area contributed by atoms with Gasteiger partial charge < -0.3 is 42.1 Å². The van der Waals surface area contributed by atoms with Crippen molar-refractivity contribution in [3.8, 4) is 0 Å². The molecule has 2 atom stereocenters. The quantitative estimate of drug-likeness (QED) is 0.0689. The number of hydrogen-bond acceptors (Lipinski definition) is 8. The molecule has 0 spiro atoms. The van der Waals surface area contributed by atoms with Crippen molar-refractivity contribution < 1.29 is 33.6 Å². The monoisotopic (exact) mass is 821 g/mol. The van der Waals surface area contributed by atoms with Crippen molar-refractivity contribution in [2.24, 2.45) is 34.0 Å². The smallest absolute Gasteiger partial charge is 0.243 e. The van der Waals surface area contributed by atoms with Gasteiger partial charge in [-0.3, -0.25) is 33.6 Å². The SMILES string of the molecule is CC(C)CCC(=O)NCC(C)(C)C(=O)N[C@@H](CC(C)C)C(=O)N[C@@H](CC(C)C)C(=O)NCC(C)(C)C(=O)NCC(C)(C)C(=O)NCCC(=O)NC1(CN(C)C)CCC1. The summed E-state index contributed by atoms with van der Waals surface area (Å²) >= 11 is 0. The Morgan fingerprint density at radius 1 is 0.569 bits per heavy atom. The van der Waals surface area contributed by atoms with Gasteiger partial charge in [0.1, 0.15) is 12.1 Å². The largest absolute Gasteiger partial charge is 0.355 e. The van der Waals surface area contributed by atoms with Crippen LogP contribution in [0.5, 0.6) is 0 Å². The van der Waals surface area contributed by atoms with Crippen molar-refractivity contribution >= 4 is 41.4 Å². The van der Waals surface area contributed by atoms with Gasteiger partial charge in [-0.15, -0.1) is 0 Å². The standard InChI is InChI=1S/C43H80N8O7/c1-28(2)16-17-33(52)45-24-42(11,12)39(58)49-32(23-30(5)6)36(55)48-31(22-29(3)4)35(54)46-25-40(7,8)38(57)47-26-41(9,10)37(56)44-21-18-34(53)50-43(19-15-20-43)27-51(13)14/h28-32H,15-27H2,1-14H3,(H,44,56)(H,45,52)(H,46,54)(H,47,57)(H,48,55)(H,49,58)(H,50,53)/t31-,32-/m0/s1. The van der Waals surface area contributed by atoms with Gasteiger partial charge in [-0.2, -0.15) is 0 Å². The van der Waals surface area contributed by atoms with Crippen LogP contribution in [0.3, 0.4) is 0 Å². The van der Waals surface area contributed by atoms with Crippen molar-refractivity contribution in [1.82, 2.24) is 42.1 Å². The van der Waals surface area contributed by atoms with Gasteiger partial charge in [0.15, 0.2) is 0 Å². The fourth-order valence-electron chi connectivity index (χ4n) is 6.49. The molecule has 1 rings (SSSR count). The van der Waals surface area contributed by atoms with Crippen molar-refractivity contribution in [2.45, 2.75) is 152 Å². The highest BCUT2D eigenvalue weighted by Gasteiger charge is 2.39. The van der Waals surface area contributed by atoms with E-state index in [4.69, 9.17) is 0 Å². The Kier molecular flexibility index (Phi) is 20.9. The van der Waals surface area contributed by atoms with E-state index in [0.717, 1.165) is 32.2 Å². The molecule has 0 unspecified atom stereocenters. The maximum Gasteiger partial charge on any atom is 0.243 e. The highest BCUT2D eigenvalue weighted by atomic mass is 16.2. The summed E-state index contributed by atoms with van der Waals surface area (Å²) in [5.74, 6) is -1.80. The third-order valence-corrected chi connectivity index (χ3v) is 10.6. The molecule has 0 aromatic rings. The Balaban J connectivity index is 2.80. The van der Waals surface area contributed by atoms with E-state index >= 15 is 0 Å². The van der Waals surface area contributed by atoms with E-state index < -0.39 is 46.1 Å². The normalized spacial score (nSPS) is 15.3. The molecule has 0 heterocycles. The first kappa shape index (κ1) is 52.3. The van der Waals surface area contributed by atoms with Crippen LogP contribution in [0.15, 0.2) is 0 Å². The molecule has 0 aliphatic heterocycles. The average Bonchev–Trinajstić information content (AvgIpc) is 3.08. The lowest BCUT2D eigenvalue weighted by atomic mass is 9.76. The van der Waals surface area contributed by atoms with Gasteiger partial charge in [0.05, 0.1) is 21.8 Å². The minimum atomic E-state index is -1.07. The molecule has 0 aromatic carbocycles. The Labute approximate surface area is 349 Å². The minimum Gasteiger partial charge on any atom is -0.355 e. The molecule has 7 amide bonds. The van der Waals surface area contributed by atoms with E-state index in [1.807, 2.05) is 55.6 Å². The number of carbonyl (C=O) groups excluding carboxylic acids is 7. The third-order valence-electron chi connectivity index (χ3n) is 10.6. The first-order valence-electron chi connectivity index (χ1n) is 21.3. The van der Waals surface area contributed by atoms with Crippen LogP contribution in [0, 0.1) is 34.0 Å². The molecule has 7 N–H and O–H groups in total. The summed E-state index contributed by atoms with van der Waals surface area (Å²) in [6.07, 6.45) is 4.87. The van der Waals surface area contributed by atoms with E-state index in [1.165, 1.54) is 0 Å². The van der Waals surface area contributed by atoms with Crippen LogP contribution in [0.2, 0.25) is 0 Å². The molecule has 1 aliphatic rings. The first-order chi connectivity index (χ1) is 26.6. The van der Waals surface area contributed by atoms with Crippen molar-refractivity contribution in [3.05, 3.63) is 0 Å². The van der Waals surface area contributed by atoms with Gasteiger partial charge in [-0.05, 0) is 112 Å². The summed E-state index contributed by atoms with van der Waals surface area (Å²) in [6.45, 7) is 23.0. The van der Waals surface area contributed by atoms with E-state index in [1.54, 1.807) is 41.5 Å². The zero-order valence-corrected chi connectivity index (χ0v) is 38.4. The molecule has 15 nitrogen and oxygen atoms in total. The lowest BCUT2D eigenvalue weighted by Gasteiger charge is -2.44. The topological polar surface area (TPSA) is 207 Å². The molecule has 58 heavy (non-hydrogen) atoms. The summed E-state index contributed by atoms with van der Waals surface area (Å²) in [4.78, 5) is 94.1. The number of nitrogens with one attached hydrogen (secondary N) is 7. The van der Waals surface area contributed by atoms with Crippen LogP contribution in [0.1, 0.15) is 134 Å². The predicted molar refractivity (Wildman–Crippen MR) is 228 cm³/mol. The number of rotatable bonds is 26. The van der Waals surface area contributed by atoms with Crippen LogP contribution in [0.4, 0.5) is 0 Å². The lowest BCUT2D eigenvalue weighted by Crippen LogP contribution is -2.59. The Morgan fingerprint density at radius 3 is 1.53 bits per heavy atom. The van der Waals surface area contributed by atoms with E-state index in [9.17, 15) is 33.6 Å². The highest BCUT2D eigenvalue weighted by molar-refractivity contribution is 5.93. The lowest BCUT2D eigenvalue weighted by molar-refractivity contribution is -0.136. The van der Waals surface area contributed by atoms with Crippen LogP contribution < -0.4 is 37.2 Å². The zero-order valence-electron chi connectivity index (χ0n) is 38.4. The molecule has 0 saturated heterocycles. The number of hydrogen-bond donors (Lipinski definition) is 7. The van der Waals surface area contributed by atoms with Crippen LogP contribution in [-0.2, 0) is 33.6 Å². The fraction of sp³-hybridized carbons (Fsp3) is 0.837. The molecular weight excluding hydrogens is 741 g/mol. The second kappa shape index (κ2) is 23.1. The van der Waals surface area contributed by atoms with Crippen molar-refractivity contribution in [1.29, 1.82) is 0 Å². The molecule has 0 aromatic heterocycles. The maximum absolute atomic E-state index is 13.7. The maximum atomic E-state index is 13.7. The van der Waals surface area contributed by atoms with Crippen LogP contribution in [-0.4, -0.2) is 111 Å². The minimum absolute atomic E-state index is 0.0312. The second-order valence-corrected chi connectivity index (χ2v) is 20.0. The molecule has 0 bridgehead atoms. The van der Waals surface area contributed by atoms with E-state index in [2.05, 4.69) is 42.1 Å². The molecule has 1 fully saturated rings. The van der Waals surface area contributed by atoms with Crippen molar-refractivity contribution in [2.75, 3.05) is 46.8 Å². The second-order valence-electron chi connectivity index (χ2n) is 20.0. The molecule has 334 valence electrons. The predicted octanol–water partition coefficient (Wildman–Crippen LogP) is 3.02. The number of nitrogens with zero attached hydrogens (tertiary/aromatic N) is 1. The average molecular weight is 821 g/mol. The van der Waals surface area contributed by atoms with Gasteiger partial charge >= 0.3 is 0 Å². The van der Waals surface area contributed by atoms with E-state index in [0.29, 0.717) is 25.2 Å². The van der Waals surface area contributed by atoms with Crippen LogP contribution in [0.25, 0.3) is 0 Å². The molecule has 15 heteroatoms. The first-order valence-corrected chi connectivity index (χ1v) is 21.3. The number of amides is 7. The number of carbonyl (C=O) groups is 7. The Hall–Kier alpha value is -3.75. The summed E-state index contributed by atoms with van der Waals surface area (Å²) < 4.78 is 0. The van der Waals surface area contributed by atoms with Gasteiger partial charge in [-0.25, -0.2) is 0 Å². The fourth-order valence-corrected chi connectivity index (χ4v) is 6.49. The van der Waals surface area contributed by atoms with E-state index in [-0.39, 0.29) is 73.6 Å². The van der Waals surface area contributed by atoms with Gasteiger partial charge in [-0.1, -0.05) is 41.5 Å². The van der Waals surface area contributed by atoms with Gasteiger partial charge in [0, 0.05) is 45.6 Å². The third kappa shape index (κ3) is 18.9. The summed E-state index contributed by atoms with van der Waals surface area (Å²) in [5.41, 5.74) is -3.24. The van der Waals surface area contributed by atoms with Gasteiger partial charge in [0.25, 0.3) is 0 Å². The summed E-state index contributed by atoms with van der Waals surface area (Å²) in [6, 6.07) is -1.85. The van der Waals surface area contributed by atoms with Crippen LogP contribution >= 0.6 is 0 Å². The highest BCUT2D eigenvalue weighted by Crippen LogP contribution is 2.32. The molecular formula is C43H80N8O7. The molecule has 1 aliphatic carbocycles. The number of likely N-dealkylation sites (N-methyl/N-ethyl adjacent to an activating group) is 1. The van der Waals surface area contributed by atoms with Crippen molar-refractivity contribution in [3.63, 3.8) is 0 Å². The van der Waals surface area contributed by atoms with Gasteiger partial charge in [0.2, 0.25) is 41.4 Å².